The van der Waals surface area contributed by atoms with E-state index in [4.69, 9.17) is 15.2 Å². The van der Waals surface area contributed by atoms with E-state index in [0.717, 1.165) is 21.7 Å². The Balaban J connectivity index is 2.21. The van der Waals surface area contributed by atoms with Crippen LogP contribution in [-0.4, -0.2) is 7.11 Å². The summed E-state index contributed by atoms with van der Waals surface area (Å²) in [5, 5.41) is 0. The molecule has 0 heterocycles. The van der Waals surface area contributed by atoms with Crippen molar-refractivity contribution < 1.29 is 9.47 Å². The maximum atomic E-state index is 5.67. The van der Waals surface area contributed by atoms with Crippen LogP contribution >= 0.6 is 15.9 Å². The van der Waals surface area contributed by atoms with Crippen molar-refractivity contribution in [3.63, 3.8) is 0 Å². The summed E-state index contributed by atoms with van der Waals surface area (Å²) >= 11 is 3.39. The minimum absolute atomic E-state index is 0.714. The first-order chi connectivity index (χ1) is 8.19. The minimum Gasteiger partial charge on any atom is -0.495 e. The highest BCUT2D eigenvalue weighted by Crippen LogP contribution is 2.31. The van der Waals surface area contributed by atoms with Crippen molar-refractivity contribution in [2.45, 2.75) is 0 Å². The molecule has 2 aromatic carbocycles. The van der Waals surface area contributed by atoms with Crippen molar-refractivity contribution in [3.05, 3.63) is 46.9 Å². The number of hydrogen-bond donors (Lipinski definition) is 1. The molecule has 0 bridgehead atoms. The normalized spacial score (nSPS) is 10.0. The highest BCUT2D eigenvalue weighted by atomic mass is 79.9. The summed E-state index contributed by atoms with van der Waals surface area (Å²) in [6.07, 6.45) is 0. The molecule has 0 radical (unpaired) electrons. The largest absolute Gasteiger partial charge is 0.495 e. The van der Waals surface area contributed by atoms with E-state index in [-0.39, 0.29) is 0 Å². The number of halogens is 1. The van der Waals surface area contributed by atoms with Gasteiger partial charge in [-0.2, -0.15) is 0 Å². The zero-order valence-electron chi connectivity index (χ0n) is 9.31. The molecule has 0 aliphatic carbocycles. The van der Waals surface area contributed by atoms with Gasteiger partial charge < -0.3 is 15.2 Å². The molecule has 0 spiro atoms. The molecule has 0 aliphatic rings. The predicted molar refractivity (Wildman–Crippen MR) is 71.6 cm³/mol. The molecule has 0 amide bonds. The molecule has 2 rings (SSSR count). The third kappa shape index (κ3) is 2.91. The van der Waals surface area contributed by atoms with Crippen LogP contribution < -0.4 is 15.2 Å². The average molecular weight is 294 g/mol. The molecule has 88 valence electrons. The summed E-state index contributed by atoms with van der Waals surface area (Å²) in [4.78, 5) is 0. The zero-order chi connectivity index (χ0) is 12.3. The number of nitrogens with two attached hydrogens (primary N) is 1. The summed E-state index contributed by atoms with van der Waals surface area (Å²) in [5.74, 6) is 2.19. The maximum Gasteiger partial charge on any atom is 0.136 e. The van der Waals surface area contributed by atoms with Crippen LogP contribution in [-0.2, 0) is 0 Å². The molecule has 0 saturated carbocycles. The van der Waals surface area contributed by atoms with Crippen LogP contribution in [0, 0.1) is 0 Å². The van der Waals surface area contributed by atoms with Gasteiger partial charge in [-0.05, 0) is 52.3 Å². The molecule has 0 saturated heterocycles. The quantitative estimate of drug-likeness (QED) is 0.875. The van der Waals surface area contributed by atoms with Gasteiger partial charge in [-0.15, -0.1) is 0 Å². The molecule has 4 heteroatoms. The first kappa shape index (κ1) is 11.8. The van der Waals surface area contributed by atoms with Gasteiger partial charge in [0.1, 0.15) is 17.2 Å². The zero-order valence-corrected chi connectivity index (χ0v) is 10.9. The smallest absolute Gasteiger partial charge is 0.136 e. The van der Waals surface area contributed by atoms with Gasteiger partial charge >= 0.3 is 0 Å². The van der Waals surface area contributed by atoms with Crippen LogP contribution in [0.5, 0.6) is 17.2 Å². The van der Waals surface area contributed by atoms with Gasteiger partial charge in [0.25, 0.3) is 0 Å². The second-order valence-electron chi connectivity index (χ2n) is 3.47. The monoisotopic (exact) mass is 293 g/mol. The molecule has 0 atom stereocenters. The third-order valence-electron chi connectivity index (χ3n) is 2.24. The Bertz CT molecular complexity index is 511. The van der Waals surface area contributed by atoms with E-state index in [1.165, 1.54) is 0 Å². The predicted octanol–water partition coefficient (Wildman–Crippen LogP) is 3.83. The van der Waals surface area contributed by atoms with Gasteiger partial charge in [-0.25, -0.2) is 0 Å². The Morgan fingerprint density at radius 2 is 1.65 bits per heavy atom. The molecule has 17 heavy (non-hydrogen) atoms. The summed E-state index contributed by atoms with van der Waals surface area (Å²) in [6, 6.07) is 12.8. The van der Waals surface area contributed by atoms with Gasteiger partial charge in [0, 0.05) is 11.8 Å². The second-order valence-corrected chi connectivity index (χ2v) is 4.32. The van der Waals surface area contributed by atoms with E-state index in [0.29, 0.717) is 5.69 Å². The lowest BCUT2D eigenvalue weighted by atomic mass is 10.3. The Labute approximate surface area is 108 Å². The third-order valence-corrected chi connectivity index (χ3v) is 2.89. The standard InChI is InChI=1S/C13H12BrNO2/c1-16-13-8-11(6-7-12(13)14)17-10-4-2-9(15)3-5-10/h2-8H,15H2,1H3. The first-order valence-electron chi connectivity index (χ1n) is 5.06. The van der Waals surface area contributed by atoms with E-state index in [1.807, 2.05) is 30.3 Å². The minimum atomic E-state index is 0.714. The van der Waals surface area contributed by atoms with Crippen LogP contribution in [0.1, 0.15) is 0 Å². The Morgan fingerprint density at radius 1 is 1.00 bits per heavy atom. The van der Waals surface area contributed by atoms with Crippen molar-refractivity contribution in [1.29, 1.82) is 0 Å². The number of benzene rings is 2. The molecule has 0 unspecified atom stereocenters. The maximum absolute atomic E-state index is 5.67. The van der Waals surface area contributed by atoms with E-state index < -0.39 is 0 Å². The van der Waals surface area contributed by atoms with Crippen molar-refractivity contribution in [2.75, 3.05) is 12.8 Å². The van der Waals surface area contributed by atoms with E-state index in [1.54, 1.807) is 19.2 Å². The number of ether oxygens (including phenoxy) is 2. The van der Waals surface area contributed by atoms with E-state index in [9.17, 15) is 0 Å². The van der Waals surface area contributed by atoms with Crippen LogP contribution in [0.3, 0.4) is 0 Å². The van der Waals surface area contributed by atoms with Gasteiger partial charge in [-0.3, -0.25) is 0 Å². The summed E-state index contributed by atoms with van der Waals surface area (Å²) in [7, 11) is 1.62. The Morgan fingerprint density at radius 3 is 2.29 bits per heavy atom. The lowest BCUT2D eigenvalue weighted by Crippen LogP contribution is -1.89. The molecular formula is C13H12BrNO2. The summed E-state index contributed by atoms with van der Waals surface area (Å²) in [5.41, 5.74) is 6.32. The van der Waals surface area contributed by atoms with Crippen molar-refractivity contribution in [2.24, 2.45) is 0 Å². The molecule has 0 fully saturated rings. The fourth-order valence-corrected chi connectivity index (χ4v) is 1.78. The molecular weight excluding hydrogens is 282 g/mol. The van der Waals surface area contributed by atoms with Gasteiger partial charge in [-0.1, -0.05) is 0 Å². The Kier molecular flexibility index (Phi) is 3.54. The van der Waals surface area contributed by atoms with Gasteiger partial charge in [0.05, 0.1) is 11.6 Å². The summed E-state index contributed by atoms with van der Waals surface area (Å²) in [6.45, 7) is 0. The average Bonchev–Trinajstić information content (AvgIpc) is 2.34. The fourth-order valence-electron chi connectivity index (χ4n) is 1.38. The molecule has 3 nitrogen and oxygen atoms in total. The van der Waals surface area contributed by atoms with Crippen LogP contribution in [0.25, 0.3) is 0 Å². The highest BCUT2D eigenvalue weighted by Gasteiger charge is 2.03. The first-order valence-corrected chi connectivity index (χ1v) is 5.85. The number of methoxy groups -OCH3 is 1. The van der Waals surface area contributed by atoms with Crippen molar-refractivity contribution >= 4 is 21.6 Å². The fraction of sp³-hybridized carbons (Fsp3) is 0.0769. The van der Waals surface area contributed by atoms with Crippen LogP contribution in [0.2, 0.25) is 0 Å². The number of rotatable bonds is 3. The van der Waals surface area contributed by atoms with Gasteiger partial charge in [0.2, 0.25) is 0 Å². The topological polar surface area (TPSA) is 44.5 Å². The molecule has 0 aliphatic heterocycles. The van der Waals surface area contributed by atoms with Crippen molar-refractivity contribution in [1.82, 2.24) is 0 Å². The SMILES string of the molecule is COc1cc(Oc2ccc(N)cc2)ccc1Br. The molecule has 2 N–H and O–H groups in total. The van der Waals surface area contributed by atoms with Gasteiger partial charge in [0.15, 0.2) is 0 Å². The van der Waals surface area contributed by atoms with E-state index in [2.05, 4.69) is 15.9 Å². The van der Waals surface area contributed by atoms with Crippen LogP contribution in [0.4, 0.5) is 5.69 Å². The summed E-state index contributed by atoms with van der Waals surface area (Å²) < 4.78 is 11.8. The Hall–Kier alpha value is -1.68. The number of hydrogen-bond acceptors (Lipinski definition) is 3. The lowest BCUT2D eigenvalue weighted by Gasteiger charge is -2.08. The number of anilines is 1. The molecule has 2 aromatic rings. The van der Waals surface area contributed by atoms with Crippen LogP contribution in [0.15, 0.2) is 46.9 Å². The van der Waals surface area contributed by atoms with E-state index >= 15 is 0 Å². The van der Waals surface area contributed by atoms with Crippen molar-refractivity contribution in [3.8, 4) is 17.2 Å². The number of nitrogen functional groups attached to an aromatic ring is 1. The lowest BCUT2D eigenvalue weighted by molar-refractivity contribution is 0.406. The highest BCUT2D eigenvalue weighted by molar-refractivity contribution is 9.10. The molecule has 0 aromatic heterocycles. The second kappa shape index (κ2) is 5.10.